The van der Waals surface area contributed by atoms with Gasteiger partial charge in [-0.25, -0.2) is 4.39 Å². The van der Waals surface area contributed by atoms with Crippen molar-refractivity contribution < 1.29 is 9.13 Å². The van der Waals surface area contributed by atoms with Crippen LogP contribution in [0.4, 0.5) is 4.39 Å². The highest BCUT2D eigenvalue weighted by Gasteiger charge is 2.29. The summed E-state index contributed by atoms with van der Waals surface area (Å²) in [7, 11) is 1.94. The lowest BCUT2D eigenvalue weighted by molar-refractivity contribution is 0.0881. The molecule has 1 N–H and O–H groups in total. The highest BCUT2D eigenvalue weighted by molar-refractivity contribution is 9.10. The monoisotopic (exact) mass is 273 g/mol. The zero-order valence-electron chi connectivity index (χ0n) is 8.47. The summed E-state index contributed by atoms with van der Waals surface area (Å²) in [5.41, 5.74) is 0. The van der Waals surface area contributed by atoms with Crippen molar-refractivity contribution >= 4 is 15.9 Å². The Kier molecular flexibility index (Phi) is 3.26. The maximum absolute atomic E-state index is 13.0. The van der Waals surface area contributed by atoms with Gasteiger partial charge in [0.05, 0.1) is 0 Å². The van der Waals surface area contributed by atoms with E-state index in [1.165, 1.54) is 12.1 Å². The summed E-state index contributed by atoms with van der Waals surface area (Å²) in [6.07, 6.45) is 2.20. The minimum Gasteiger partial charge on any atom is -0.490 e. The number of hydrogen-bond donors (Lipinski definition) is 1. The van der Waals surface area contributed by atoms with Crippen LogP contribution in [0.15, 0.2) is 22.7 Å². The molecule has 1 aliphatic rings. The first-order valence-electron chi connectivity index (χ1n) is 4.97. The Morgan fingerprint density at radius 3 is 2.73 bits per heavy atom. The van der Waals surface area contributed by atoms with Crippen molar-refractivity contribution in [1.82, 2.24) is 5.32 Å². The van der Waals surface area contributed by atoms with E-state index in [0.29, 0.717) is 16.3 Å². The van der Waals surface area contributed by atoms with Crippen LogP contribution in [-0.4, -0.2) is 19.2 Å². The van der Waals surface area contributed by atoms with Crippen molar-refractivity contribution in [1.29, 1.82) is 0 Å². The average molecular weight is 274 g/mol. The van der Waals surface area contributed by atoms with Crippen LogP contribution < -0.4 is 10.1 Å². The lowest BCUT2D eigenvalue weighted by Crippen LogP contribution is -2.45. The second-order valence-corrected chi connectivity index (χ2v) is 4.72. The first kappa shape index (κ1) is 10.9. The number of benzene rings is 1. The summed E-state index contributed by atoms with van der Waals surface area (Å²) in [5, 5.41) is 3.18. The molecule has 0 unspecified atom stereocenters. The number of rotatable bonds is 3. The molecule has 1 fully saturated rings. The van der Waals surface area contributed by atoms with Crippen molar-refractivity contribution in [2.24, 2.45) is 0 Å². The predicted octanol–water partition coefficient (Wildman–Crippen LogP) is 2.72. The summed E-state index contributed by atoms with van der Waals surface area (Å²) < 4.78 is 19.4. The predicted molar refractivity (Wildman–Crippen MR) is 60.6 cm³/mol. The van der Waals surface area contributed by atoms with Crippen LogP contribution in [0, 0.1) is 5.82 Å². The topological polar surface area (TPSA) is 21.3 Å². The molecule has 1 aliphatic carbocycles. The van der Waals surface area contributed by atoms with Gasteiger partial charge in [0.1, 0.15) is 17.7 Å². The summed E-state index contributed by atoms with van der Waals surface area (Å²) in [5.74, 6) is 0.324. The Morgan fingerprint density at radius 1 is 1.40 bits per heavy atom. The van der Waals surface area contributed by atoms with Gasteiger partial charge in [0.2, 0.25) is 0 Å². The number of halogens is 2. The van der Waals surface area contributed by atoms with Crippen molar-refractivity contribution in [3.8, 4) is 5.75 Å². The molecule has 0 aliphatic heterocycles. The molecule has 4 heteroatoms. The molecule has 0 heterocycles. The second-order valence-electron chi connectivity index (χ2n) is 3.80. The van der Waals surface area contributed by atoms with E-state index in [-0.39, 0.29) is 11.9 Å². The molecule has 0 spiro atoms. The Hall–Kier alpha value is -0.610. The lowest BCUT2D eigenvalue weighted by Gasteiger charge is -2.35. The van der Waals surface area contributed by atoms with E-state index in [4.69, 9.17) is 4.74 Å². The van der Waals surface area contributed by atoms with Crippen LogP contribution >= 0.6 is 15.9 Å². The fourth-order valence-corrected chi connectivity index (χ4v) is 2.13. The van der Waals surface area contributed by atoms with Gasteiger partial charge in [-0.3, -0.25) is 0 Å². The van der Waals surface area contributed by atoms with Gasteiger partial charge in [0, 0.05) is 16.6 Å². The molecule has 1 aromatic carbocycles. The highest BCUT2D eigenvalue weighted by atomic mass is 79.9. The van der Waals surface area contributed by atoms with E-state index in [0.717, 1.165) is 12.8 Å². The fourth-order valence-electron chi connectivity index (χ4n) is 1.69. The van der Waals surface area contributed by atoms with Crippen molar-refractivity contribution in [2.45, 2.75) is 25.0 Å². The van der Waals surface area contributed by atoms with E-state index < -0.39 is 0 Å². The molecule has 0 atom stereocenters. The normalized spacial score (nSPS) is 24.7. The van der Waals surface area contributed by atoms with Gasteiger partial charge in [0.15, 0.2) is 0 Å². The first-order valence-corrected chi connectivity index (χ1v) is 5.76. The minimum atomic E-state index is -0.274. The van der Waals surface area contributed by atoms with Crippen molar-refractivity contribution in [3.05, 3.63) is 28.5 Å². The molecule has 15 heavy (non-hydrogen) atoms. The number of ether oxygens (including phenoxy) is 1. The summed E-state index contributed by atoms with van der Waals surface area (Å²) >= 11 is 3.24. The molecule has 0 bridgehead atoms. The third-order valence-corrected chi connectivity index (χ3v) is 3.10. The van der Waals surface area contributed by atoms with Crippen LogP contribution in [0.5, 0.6) is 5.75 Å². The van der Waals surface area contributed by atoms with Crippen LogP contribution in [0.25, 0.3) is 0 Å². The third-order valence-electron chi connectivity index (χ3n) is 2.64. The highest BCUT2D eigenvalue weighted by Crippen LogP contribution is 2.28. The molecule has 0 amide bonds. The van der Waals surface area contributed by atoms with E-state index in [2.05, 4.69) is 21.2 Å². The molecule has 1 aromatic rings. The van der Waals surface area contributed by atoms with Gasteiger partial charge in [-0.2, -0.15) is 0 Å². The standard InChI is InChI=1S/C11H13BrFNO/c1-14-9-5-11(6-9)15-10-3-7(12)2-8(13)4-10/h2-4,9,11,14H,5-6H2,1H3. The van der Waals surface area contributed by atoms with Crippen LogP contribution in [0.2, 0.25) is 0 Å². The maximum atomic E-state index is 13.0. The summed E-state index contributed by atoms with van der Waals surface area (Å²) in [6, 6.07) is 5.17. The van der Waals surface area contributed by atoms with Gasteiger partial charge in [-0.05, 0) is 32.0 Å². The van der Waals surface area contributed by atoms with Gasteiger partial charge in [0.25, 0.3) is 0 Å². The molecule has 82 valence electrons. The first-order chi connectivity index (χ1) is 7.17. The molecular weight excluding hydrogens is 261 g/mol. The fraction of sp³-hybridized carbons (Fsp3) is 0.455. The van der Waals surface area contributed by atoms with Crippen LogP contribution in [0.3, 0.4) is 0 Å². The van der Waals surface area contributed by atoms with Gasteiger partial charge in [-0.1, -0.05) is 15.9 Å². The molecule has 0 aromatic heterocycles. The average Bonchev–Trinajstić information content (AvgIpc) is 2.08. The smallest absolute Gasteiger partial charge is 0.128 e. The number of hydrogen-bond acceptors (Lipinski definition) is 2. The van der Waals surface area contributed by atoms with Gasteiger partial charge >= 0.3 is 0 Å². The number of nitrogens with one attached hydrogen (secondary N) is 1. The Morgan fingerprint density at radius 2 is 2.13 bits per heavy atom. The Bertz CT molecular complexity index is 332. The van der Waals surface area contributed by atoms with E-state index in [1.807, 2.05) is 7.05 Å². The maximum Gasteiger partial charge on any atom is 0.128 e. The summed E-state index contributed by atoms with van der Waals surface area (Å²) in [4.78, 5) is 0. The van der Waals surface area contributed by atoms with Crippen LogP contribution in [0.1, 0.15) is 12.8 Å². The van der Waals surface area contributed by atoms with Gasteiger partial charge < -0.3 is 10.1 Å². The molecule has 2 rings (SSSR count). The Balaban J connectivity index is 1.94. The minimum absolute atomic E-state index is 0.219. The SMILES string of the molecule is CNC1CC(Oc2cc(F)cc(Br)c2)C1. The quantitative estimate of drug-likeness (QED) is 0.915. The molecule has 0 radical (unpaired) electrons. The summed E-state index contributed by atoms with van der Waals surface area (Å²) in [6.45, 7) is 0. The Labute approximate surface area is 96.9 Å². The van der Waals surface area contributed by atoms with E-state index >= 15 is 0 Å². The zero-order chi connectivity index (χ0) is 10.8. The molecule has 0 saturated heterocycles. The lowest BCUT2D eigenvalue weighted by atomic mass is 9.89. The van der Waals surface area contributed by atoms with Crippen LogP contribution in [-0.2, 0) is 0 Å². The van der Waals surface area contributed by atoms with E-state index in [9.17, 15) is 4.39 Å². The van der Waals surface area contributed by atoms with E-state index in [1.54, 1.807) is 6.07 Å². The van der Waals surface area contributed by atoms with Crippen molar-refractivity contribution in [2.75, 3.05) is 7.05 Å². The van der Waals surface area contributed by atoms with Crippen molar-refractivity contribution in [3.63, 3.8) is 0 Å². The molecule has 1 saturated carbocycles. The molecule has 2 nitrogen and oxygen atoms in total. The zero-order valence-corrected chi connectivity index (χ0v) is 10.1. The third kappa shape index (κ3) is 2.69. The second kappa shape index (κ2) is 4.49. The molecular formula is C11H13BrFNO. The van der Waals surface area contributed by atoms with Gasteiger partial charge in [-0.15, -0.1) is 0 Å². The largest absolute Gasteiger partial charge is 0.490 e.